The number of pyridine rings is 2. The largest absolute Gasteiger partial charge is 0.433 e. The van der Waals surface area contributed by atoms with Gasteiger partial charge in [0.1, 0.15) is 16.0 Å². The number of halogens is 5. The molecule has 0 spiro atoms. The Morgan fingerprint density at radius 1 is 0.950 bits per heavy atom. The minimum atomic E-state index is -4.45. The molecule has 0 atom stereocenters. The third kappa shape index (κ3) is 4.35. The maximum absolute atomic E-state index is 12.3. The van der Waals surface area contributed by atoms with Gasteiger partial charge in [0.2, 0.25) is 0 Å². The van der Waals surface area contributed by atoms with Crippen molar-refractivity contribution in [3.8, 4) is 11.1 Å². The van der Waals surface area contributed by atoms with Gasteiger partial charge < -0.3 is 0 Å². The van der Waals surface area contributed by atoms with Crippen molar-refractivity contribution in [2.45, 2.75) is 20.0 Å². The van der Waals surface area contributed by atoms with Crippen LogP contribution in [0.25, 0.3) is 11.1 Å². The zero-order valence-electron chi connectivity index (χ0n) is 10.7. The number of nitrogens with zero attached hydrogens (tertiary/aromatic N) is 2. The second kappa shape index (κ2) is 6.90. The standard InChI is InChI=1S/C11H5Cl2F3N2.C2H6/c12-9-3-7(4-10(13)18-9)6-1-2-8(17-5-6)11(14,15)16;1-2/h1-5H;1-2H3. The highest BCUT2D eigenvalue weighted by Gasteiger charge is 2.32. The molecule has 2 aromatic rings. The fraction of sp³-hybridized carbons (Fsp3) is 0.231. The minimum Gasteiger partial charge on any atom is -0.251 e. The number of hydrogen-bond donors (Lipinski definition) is 0. The molecule has 0 saturated carbocycles. The summed E-state index contributed by atoms with van der Waals surface area (Å²) in [5.41, 5.74) is 0.0907. The zero-order chi connectivity index (χ0) is 15.3. The van der Waals surface area contributed by atoms with E-state index in [9.17, 15) is 13.2 Å². The summed E-state index contributed by atoms with van der Waals surface area (Å²) < 4.78 is 37.0. The van der Waals surface area contributed by atoms with Crippen molar-refractivity contribution < 1.29 is 13.2 Å². The van der Waals surface area contributed by atoms with Crippen LogP contribution >= 0.6 is 23.2 Å². The van der Waals surface area contributed by atoms with E-state index in [0.29, 0.717) is 11.1 Å². The second-order valence-electron chi connectivity index (χ2n) is 3.43. The van der Waals surface area contributed by atoms with Gasteiger partial charge in [-0.2, -0.15) is 13.2 Å². The van der Waals surface area contributed by atoms with Crippen LogP contribution in [0.4, 0.5) is 13.2 Å². The summed E-state index contributed by atoms with van der Waals surface area (Å²) in [6.07, 6.45) is -3.34. The SMILES string of the molecule is CC.FC(F)(F)c1ccc(-c2cc(Cl)nc(Cl)c2)cn1. The van der Waals surface area contributed by atoms with Gasteiger partial charge in [0.25, 0.3) is 0 Å². The van der Waals surface area contributed by atoms with Gasteiger partial charge in [-0.15, -0.1) is 0 Å². The minimum absolute atomic E-state index is 0.164. The molecule has 0 aliphatic rings. The first-order valence-corrected chi connectivity index (χ1v) is 6.48. The Labute approximate surface area is 124 Å². The lowest BCUT2D eigenvalue weighted by Gasteiger charge is -2.07. The first-order valence-electron chi connectivity index (χ1n) is 5.73. The van der Waals surface area contributed by atoms with E-state index in [1.165, 1.54) is 18.2 Å². The van der Waals surface area contributed by atoms with Gasteiger partial charge in [0.05, 0.1) is 0 Å². The van der Waals surface area contributed by atoms with Gasteiger partial charge in [-0.25, -0.2) is 4.98 Å². The predicted molar refractivity (Wildman–Crippen MR) is 73.8 cm³/mol. The van der Waals surface area contributed by atoms with Crippen molar-refractivity contribution in [2.24, 2.45) is 0 Å². The lowest BCUT2D eigenvalue weighted by molar-refractivity contribution is -0.141. The maximum atomic E-state index is 12.3. The Bertz CT molecular complexity index is 549. The molecule has 0 radical (unpaired) electrons. The molecule has 7 heteroatoms. The number of aromatic nitrogens is 2. The first kappa shape index (κ1) is 16.7. The lowest BCUT2D eigenvalue weighted by atomic mass is 10.1. The molecule has 2 aromatic heterocycles. The molecule has 20 heavy (non-hydrogen) atoms. The smallest absolute Gasteiger partial charge is 0.251 e. The van der Waals surface area contributed by atoms with Gasteiger partial charge in [0, 0.05) is 11.8 Å². The van der Waals surface area contributed by atoms with Gasteiger partial charge in [-0.3, -0.25) is 4.98 Å². The average molecular weight is 323 g/mol. The van der Waals surface area contributed by atoms with Crippen LogP contribution in [0.15, 0.2) is 30.5 Å². The Kier molecular flexibility index (Phi) is 5.77. The summed E-state index contributed by atoms with van der Waals surface area (Å²) in [7, 11) is 0. The van der Waals surface area contributed by atoms with E-state index in [1.54, 1.807) is 0 Å². The van der Waals surface area contributed by atoms with Crippen molar-refractivity contribution in [3.63, 3.8) is 0 Å². The zero-order valence-corrected chi connectivity index (χ0v) is 12.2. The molecule has 2 rings (SSSR count). The van der Waals surface area contributed by atoms with Crippen LogP contribution in [0.1, 0.15) is 19.5 Å². The lowest BCUT2D eigenvalue weighted by Crippen LogP contribution is -2.07. The molecule has 0 aliphatic heterocycles. The molecule has 2 heterocycles. The third-order valence-electron chi connectivity index (χ3n) is 2.15. The van der Waals surface area contributed by atoms with Crippen molar-refractivity contribution in [3.05, 3.63) is 46.5 Å². The third-order valence-corrected chi connectivity index (χ3v) is 2.54. The Morgan fingerprint density at radius 2 is 1.50 bits per heavy atom. The molecule has 2 nitrogen and oxygen atoms in total. The van der Waals surface area contributed by atoms with Gasteiger partial charge >= 0.3 is 6.18 Å². The van der Waals surface area contributed by atoms with Crippen LogP contribution in [0, 0.1) is 0 Å². The molecule has 0 N–H and O–H groups in total. The Balaban J connectivity index is 0.000000956. The van der Waals surface area contributed by atoms with Crippen molar-refractivity contribution in [2.75, 3.05) is 0 Å². The second-order valence-corrected chi connectivity index (χ2v) is 4.21. The number of rotatable bonds is 1. The molecule has 0 bridgehead atoms. The molecule has 0 aliphatic carbocycles. The highest BCUT2D eigenvalue weighted by atomic mass is 35.5. The van der Waals surface area contributed by atoms with Gasteiger partial charge in [-0.1, -0.05) is 43.1 Å². The highest BCUT2D eigenvalue weighted by Crippen LogP contribution is 2.30. The molecular formula is C13H11Cl2F3N2. The summed E-state index contributed by atoms with van der Waals surface area (Å²) in [6, 6.07) is 5.20. The van der Waals surface area contributed by atoms with E-state index >= 15 is 0 Å². The number of alkyl halides is 3. The molecule has 0 aromatic carbocycles. The summed E-state index contributed by atoms with van der Waals surface area (Å²) in [5.74, 6) is 0. The van der Waals surface area contributed by atoms with Gasteiger partial charge in [-0.05, 0) is 23.8 Å². The van der Waals surface area contributed by atoms with E-state index in [2.05, 4.69) is 9.97 Å². The molecular weight excluding hydrogens is 312 g/mol. The Hall–Kier alpha value is -1.33. The van der Waals surface area contributed by atoms with E-state index in [1.807, 2.05) is 13.8 Å². The summed E-state index contributed by atoms with van der Waals surface area (Å²) in [5, 5.41) is 0.329. The predicted octanol–water partition coefficient (Wildman–Crippen LogP) is 5.50. The molecule has 108 valence electrons. The van der Waals surface area contributed by atoms with Crippen LogP contribution in [0.3, 0.4) is 0 Å². The van der Waals surface area contributed by atoms with E-state index in [-0.39, 0.29) is 10.3 Å². The number of hydrogen-bond acceptors (Lipinski definition) is 2. The van der Waals surface area contributed by atoms with E-state index < -0.39 is 11.9 Å². The van der Waals surface area contributed by atoms with Crippen molar-refractivity contribution >= 4 is 23.2 Å². The van der Waals surface area contributed by atoms with Crippen LogP contribution in [0.5, 0.6) is 0 Å². The summed E-state index contributed by atoms with van der Waals surface area (Å²) >= 11 is 11.4. The van der Waals surface area contributed by atoms with Crippen molar-refractivity contribution in [1.29, 1.82) is 0 Å². The Morgan fingerprint density at radius 3 is 1.90 bits per heavy atom. The normalized spacial score (nSPS) is 10.8. The fourth-order valence-corrected chi connectivity index (χ4v) is 1.82. The van der Waals surface area contributed by atoms with Crippen LogP contribution in [0.2, 0.25) is 10.3 Å². The monoisotopic (exact) mass is 322 g/mol. The topological polar surface area (TPSA) is 25.8 Å². The fourth-order valence-electron chi connectivity index (χ4n) is 1.36. The van der Waals surface area contributed by atoms with E-state index in [4.69, 9.17) is 23.2 Å². The van der Waals surface area contributed by atoms with Crippen molar-refractivity contribution in [1.82, 2.24) is 9.97 Å². The van der Waals surface area contributed by atoms with Crippen LogP contribution in [-0.2, 0) is 6.18 Å². The van der Waals surface area contributed by atoms with Crippen LogP contribution in [-0.4, -0.2) is 9.97 Å². The molecule has 0 amide bonds. The van der Waals surface area contributed by atoms with Crippen LogP contribution < -0.4 is 0 Å². The quantitative estimate of drug-likeness (QED) is 0.648. The highest BCUT2D eigenvalue weighted by molar-refractivity contribution is 6.32. The molecule has 0 unspecified atom stereocenters. The maximum Gasteiger partial charge on any atom is 0.433 e. The molecule has 0 fully saturated rings. The summed E-state index contributed by atoms with van der Waals surface area (Å²) in [4.78, 5) is 7.10. The van der Waals surface area contributed by atoms with Gasteiger partial charge in [0.15, 0.2) is 0 Å². The first-order chi connectivity index (χ1) is 9.36. The average Bonchev–Trinajstić information content (AvgIpc) is 2.39. The molecule has 0 saturated heterocycles. The summed E-state index contributed by atoms with van der Waals surface area (Å²) in [6.45, 7) is 4.00. The van der Waals surface area contributed by atoms with E-state index in [0.717, 1.165) is 12.3 Å².